The fraction of sp³-hybridized carbons (Fsp3) is 0.297. The number of fused-ring (bicyclic) bond motifs is 3. The molecule has 0 saturated carbocycles. The second-order valence-electron chi connectivity index (χ2n) is 11.9. The van der Waals surface area contributed by atoms with Gasteiger partial charge in [0.1, 0.15) is 18.0 Å². The molecule has 2 amide bonds. The smallest absolute Gasteiger partial charge is 0.405 e. The molecule has 0 spiro atoms. The molecule has 0 bridgehead atoms. The summed E-state index contributed by atoms with van der Waals surface area (Å²) in [6.45, 7) is 2.25. The minimum Gasteiger partial charge on any atom is -0.457 e. The fourth-order valence-corrected chi connectivity index (χ4v) is 6.72. The summed E-state index contributed by atoms with van der Waals surface area (Å²) in [7, 11) is 0. The molecule has 1 heterocycles. The molecule has 3 atom stereocenters. The first-order chi connectivity index (χ1) is 22.2. The largest absolute Gasteiger partial charge is 0.457 e. The van der Waals surface area contributed by atoms with Gasteiger partial charge in [-0.3, -0.25) is 14.5 Å². The molecule has 0 radical (unpaired) electrons. The van der Waals surface area contributed by atoms with Crippen LogP contribution in [0.15, 0.2) is 97.1 Å². The van der Waals surface area contributed by atoms with Crippen molar-refractivity contribution < 1.29 is 27.5 Å². The van der Waals surface area contributed by atoms with E-state index in [1.807, 2.05) is 85.8 Å². The number of benzene rings is 4. The monoisotopic (exact) mass is 627 g/mol. The van der Waals surface area contributed by atoms with Gasteiger partial charge in [-0.05, 0) is 91.4 Å². The predicted molar refractivity (Wildman–Crippen MR) is 171 cm³/mol. The van der Waals surface area contributed by atoms with Crippen molar-refractivity contribution in [2.24, 2.45) is 0 Å². The lowest BCUT2D eigenvalue weighted by atomic mass is 9.86. The molecule has 1 fully saturated rings. The van der Waals surface area contributed by atoms with Gasteiger partial charge in [-0.25, -0.2) is 0 Å². The van der Waals surface area contributed by atoms with Gasteiger partial charge in [-0.2, -0.15) is 13.2 Å². The van der Waals surface area contributed by atoms with Crippen molar-refractivity contribution >= 4 is 11.8 Å². The normalized spacial score (nSPS) is 17.1. The van der Waals surface area contributed by atoms with E-state index in [0.717, 1.165) is 48.2 Å². The molecule has 1 aliphatic carbocycles. The Labute approximate surface area is 266 Å². The zero-order valence-corrected chi connectivity index (χ0v) is 25.5. The van der Waals surface area contributed by atoms with Gasteiger partial charge in [0.25, 0.3) is 5.91 Å². The summed E-state index contributed by atoms with van der Waals surface area (Å²) in [6.07, 6.45) is -1.94. The number of para-hydroxylation sites is 2. The van der Waals surface area contributed by atoms with Gasteiger partial charge in [0, 0.05) is 12.1 Å². The topological polar surface area (TPSA) is 70.7 Å². The Morgan fingerprint density at radius 1 is 0.870 bits per heavy atom. The molecule has 4 aromatic rings. The zero-order chi connectivity index (χ0) is 32.3. The Kier molecular flexibility index (Phi) is 9.12. The SMILES string of the molecule is CC(CC(c1cccc2c1C(C(=O)NCC(F)(F)F)c1ccccc1-2)N1CCCC1)NC(=O)c1ccccc1Oc1ccccc1. The highest BCUT2D eigenvalue weighted by molar-refractivity contribution is 5.98. The number of ether oxygens (including phenoxy) is 1. The number of hydrogen-bond donors (Lipinski definition) is 2. The molecular weight excluding hydrogens is 591 g/mol. The van der Waals surface area contributed by atoms with Crippen LogP contribution in [0.2, 0.25) is 0 Å². The number of nitrogens with zero attached hydrogens (tertiary/aromatic N) is 1. The molecule has 2 aliphatic rings. The fourth-order valence-electron chi connectivity index (χ4n) is 6.72. The lowest BCUT2D eigenvalue weighted by Crippen LogP contribution is -2.39. The van der Waals surface area contributed by atoms with Gasteiger partial charge in [0.15, 0.2) is 0 Å². The van der Waals surface area contributed by atoms with E-state index in [1.54, 1.807) is 18.2 Å². The number of nitrogens with one attached hydrogen (secondary N) is 2. The quantitative estimate of drug-likeness (QED) is 0.190. The zero-order valence-electron chi connectivity index (χ0n) is 25.5. The Hall–Kier alpha value is -4.63. The molecule has 238 valence electrons. The number of alkyl halides is 3. The van der Waals surface area contributed by atoms with E-state index >= 15 is 0 Å². The average molecular weight is 628 g/mol. The maximum absolute atomic E-state index is 13.6. The maximum Gasteiger partial charge on any atom is 0.405 e. The third-order valence-corrected chi connectivity index (χ3v) is 8.71. The van der Waals surface area contributed by atoms with Gasteiger partial charge < -0.3 is 15.4 Å². The summed E-state index contributed by atoms with van der Waals surface area (Å²) in [5.41, 5.74) is 4.45. The van der Waals surface area contributed by atoms with Crippen molar-refractivity contribution in [3.63, 3.8) is 0 Å². The van der Waals surface area contributed by atoms with Crippen LogP contribution in [0.25, 0.3) is 11.1 Å². The summed E-state index contributed by atoms with van der Waals surface area (Å²) < 4.78 is 45.5. The molecule has 3 unspecified atom stereocenters. The highest BCUT2D eigenvalue weighted by Crippen LogP contribution is 2.49. The lowest BCUT2D eigenvalue weighted by Gasteiger charge is -2.33. The molecule has 4 aromatic carbocycles. The Morgan fingerprint density at radius 3 is 2.30 bits per heavy atom. The van der Waals surface area contributed by atoms with Crippen LogP contribution in [0.4, 0.5) is 13.2 Å². The number of likely N-dealkylation sites (tertiary alicyclic amines) is 1. The number of halogens is 3. The van der Waals surface area contributed by atoms with Crippen LogP contribution in [0.5, 0.6) is 11.5 Å². The third kappa shape index (κ3) is 6.79. The molecule has 6 rings (SSSR count). The molecule has 0 aromatic heterocycles. The van der Waals surface area contributed by atoms with E-state index < -0.39 is 24.5 Å². The Morgan fingerprint density at radius 2 is 1.54 bits per heavy atom. The highest BCUT2D eigenvalue weighted by Gasteiger charge is 2.40. The van der Waals surface area contributed by atoms with Gasteiger partial charge in [0.05, 0.1) is 11.5 Å². The number of carbonyl (C=O) groups is 2. The minimum atomic E-state index is -4.52. The average Bonchev–Trinajstić information content (AvgIpc) is 3.70. The second-order valence-corrected chi connectivity index (χ2v) is 11.9. The third-order valence-electron chi connectivity index (χ3n) is 8.71. The summed E-state index contributed by atoms with van der Waals surface area (Å²) >= 11 is 0. The molecule has 46 heavy (non-hydrogen) atoms. The first-order valence-corrected chi connectivity index (χ1v) is 15.6. The molecule has 2 N–H and O–H groups in total. The Balaban J connectivity index is 1.29. The van der Waals surface area contributed by atoms with Crippen molar-refractivity contribution in [3.8, 4) is 22.6 Å². The van der Waals surface area contributed by atoms with Gasteiger partial charge in [0.2, 0.25) is 5.91 Å². The van der Waals surface area contributed by atoms with Crippen molar-refractivity contribution in [2.45, 2.75) is 50.4 Å². The number of hydrogen-bond acceptors (Lipinski definition) is 4. The molecule has 1 saturated heterocycles. The first kappa shape index (κ1) is 31.4. The summed E-state index contributed by atoms with van der Waals surface area (Å²) in [5.74, 6) is -0.748. The predicted octanol–water partition coefficient (Wildman–Crippen LogP) is 7.62. The maximum atomic E-state index is 13.6. The van der Waals surface area contributed by atoms with Crippen LogP contribution in [0, 0.1) is 0 Å². The summed E-state index contributed by atoms with van der Waals surface area (Å²) in [4.78, 5) is 29.5. The summed E-state index contributed by atoms with van der Waals surface area (Å²) in [5, 5.41) is 5.30. The van der Waals surface area contributed by atoms with E-state index in [0.29, 0.717) is 29.0 Å². The van der Waals surface area contributed by atoms with Crippen LogP contribution in [0.3, 0.4) is 0 Å². The highest BCUT2D eigenvalue weighted by atomic mass is 19.4. The standard InChI is InChI=1S/C37H36F3N3O3/c1-24(42-35(44)30-16-7-8-19-32(30)46-25-12-3-2-4-13-25)22-31(43-20-9-10-21-43)29-18-11-17-27-26-14-5-6-15-28(26)34(33(27)29)36(45)41-23-37(38,39)40/h2-8,11-19,24,31,34H,9-10,20-23H2,1H3,(H,41,45)(H,42,44). The lowest BCUT2D eigenvalue weighted by molar-refractivity contribution is -0.138. The van der Waals surface area contributed by atoms with E-state index in [1.165, 1.54) is 0 Å². The van der Waals surface area contributed by atoms with Gasteiger partial charge in [-0.15, -0.1) is 0 Å². The van der Waals surface area contributed by atoms with Crippen LogP contribution >= 0.6 is 0 Å². The van der Waals surface area contributed by atoms with Crippen LogP contribution in [-0.4, -0.2) is 48.6 Å². The van der Waals surface area contributed by atoms with Crippen LogP contribution in [0.1, 0.15) is 65.2 Å². The summed E-state index contributed by atoms with van der Waals surface area (Å²) in [6, 6.07) is 29.2. The van der Waals surface area contributed by atoms with Crippen molar-refractivity contribution in [2.75, 3.05) is 19.6 Å². The van der Waals surface area contributed by atoms with Gasteiger partial charge in [-0.1, -0.05) is 72.8 Å². The molecule has 9 heteroatoms. The number of rotatable bonds is 10. The van der Waals surface area contributed by atoms with Crippen molar-refractivity contribution in [1.29, 1.82) is 0 Å². The Bertz CT molecular complexity index is 1700. The molecular formula is C37H36F3N3O3. The first-order valence-electron chi connectivity index (χ1n) is 15.6. The van der Waals surface area contributed by atoms with E-state index in [9.17, 15) is 22.8 Å². The minimum absolute atomic E-state index is 0.171. The van der Waals surface area contributed by atoms with Crippen LogP contribution in [-0.2, 0) is 4.79 Å². The van der Waals surface area contributed by atoms with Crippen molar-refractivity contribution in [3.05, 3.63) is 119 Å². The van der Waals surface area contributed by atoms with Crippen molar-refractivity contribution in [1.82, 2.24) is 15.5 Å². The van der Waals surface area contributed by atoms with E-state index in [4.69, 9.17) is 4.74 Å². The molecule has 1 aliphatic heterocycles. The number of carbonyl (C=O) groups excluding carboxylic acids is 2. The molecule has 6 nitrogen and oxygen atoms in total. The van der Waals surface area contributed by atoms with Crippen LogP contribution < -0.4 is 15.4 Å². The van der Waals surface area contributed by atoms with Gasteiger partial charge >= 0.3 is 6.18 Å². The van der Waals surface area contributed by atoms with E-state index in [2.05, 4.69) is 15.5 Å². The second kappa shape index (κ2) is 13.4. The van der Waals surface area contributed by atoms with E-state index in [-0.39, 0.29) is 18.0 Å². The number of amides is 2.